The Labute approximate surface area is 177 Å². The van der Waals surface area contributed by atoms with Crippen LogP contribution in [0.25, 0.3) is 11.5 Å². The van der Waals surface area contributed by atoms with Gasteiger partial charge in [-0.3, -0.25) is 0 Å². The molecule has 4 rings (SSSR count). The molecule has 1 aliphatic rings. The molecule has 8 heteroatoms. The number of hydrogen-bond donors (Lipinski definition) is 1. The fourth-order valence-corrected chi connectivity index (χ4v) is 4.92. The highest BCUT2D eigenvalue weighted by molar-refractivity contribution is 7.89. The van der Waals surface area contributed by atoms with Gasteiger partial charge in [-0.15, -0.1) is 0 Å². The van der Waals surface area contributed by atoms with Gasteiger partial charge in [-0.25, -0.2) is 18.4 Å². The largest absolute Gasteiger partial charge is 0.444 e. The van der Waals surface area contributed by atoms with E-state index in [9.17, 15) is 8.42 Å². The zero-order chi connectivity index (χ0) is 21.0. The maximum atomic E-state index is 12.7. The molecule has 1 N–H and O–H groups in total. The van der Waals surface area contributed by atoms with Crippen molar-refractivity contribution in [1.29, 1.82) is 0 Å². The molecule has 1 aromatic carbocycles. The second kappa shape index (κ2) is 8.97. The summed E-state index contributed by atoms with van der Waals surface area (Å²) in [6.07, 6.45) is 6.69. The predicted molar refractivity (Wildman–Crippen MR) is 116 cm³/mol. The first kappa shape index (κ1) is 20.6. The minimum absolute atomic E-state index is 0.245. The second-order valence-corrected chi connectivity index (χ2v) is 9.47. The minimum Gasteiger partial charge on any atom is -0.444 e. The van der Waals surface area contributed by atoms with Crippen LogP contribution >= 0.6 is 0 Å². The van der Waals surface area contributed by atoms with E-state index in [1.54, 1.807) is 22.7 Å². The topological polar surface area (TPSA) is 88.3 Å². The molecule has 0 spiro atoms. The summed E-state index contributed by atoms with van der Waals surface area (Å²) in [4.78, 5) is 9.04. The summed E-state index contributed by atoms with van der Waals surface area (Å²) in [5.74, 6) is 1.24. The maximum absolute atomic E-state index is 12.7. The molecule has 1 saturated heterocycles. The lowest BCUT2D eigenvalue weighted by Gasteiger charge is -2.25. The van der Waals surface area contributed by atoms with Crippen LogP contribution in [0.3, 0.4) is 0 Å². The molecule has 3 heterocycles. The van der Waals surface area contributed by atoms with Gasteiger partial charge in [-0.05, 0) is 44.0 Å². The van der Waals surface area contributed by atoms with Crippen molar-refractivity contribution in [1.82, 2.24) is 14.3 Å². The zero-order valence-electron chi connectivity index (χ0n) is 17.0. The monoisotopic (exact) mass is 426 g/mol. The Balaban J connectivity index is 1.32. The summed E-state index contributed by atoms with van der Waals surface area (Å²) in [6.45, 7) is 3.83. The highest BCUT2D eigenvalue weighted by Crippen LogP contribution is 2.21. The zero-order valence-corrected chi connectivity index (χ0v) is 17.9. The van der Waals surface area contributed by atoms with E-state index in [2.05, 4.69) is 15.3 Å². The van der Waals surface area contributed by atoms with E-state index in [0.717, 1.165) is 30.5 Å². The Hall–Kier alpha value is -2.71. The number of anilines is 1. The van der Waals surface area contributed by atoms with Crippen LogP contribution in [0.15, 0.2) is 58.2 Å². The van der Waals surface area contributed by atoms with Crippen molar-refractivity contribution in [3.63, 3.8) is 0 Å². The molecular weight excluding hydrogens is 400 g/mol. The minimum atomic E-state index is -3.45. The standard InChI is InChI=1S/C22H26N4O3S/c1-17-5-7-18(8-6-17)22-25-19(16-29-22)11-12-23-21-10-9-20(15-24-21)30(27,28)26-13-3-2-4-14-26/h5-10,15-16H,2-4,11-14H2,1H3,(H,23,24). The summed E-state index contributed by atoms with van der Waals surface area (Å²) in [5, 5.41) is 3.21. The number of oxazole rings is 1. The molecule has 0 saturated carbocycles. The molecule has 7 nitrogen and oxygen atoms in total. The van der Waals surface area contributed by atoms with Gasteiger partial charge in [0.2, 0.25) is 15.9 Å². The van der Waals surface area contributed by atoms with Crippen LogP contribution in [-0.4, -0.2) is 42.3 Å². The summed E-state index contributed by atoms with van der Waals surface area (Å²) in [5.41, 5.74) is 2.99. The van der Waals surface area contributed by atoms with E-state index in [1.807, 2.05) is 31.2 Å². The summed E-state index contributed by atoms with van der Waals surface area (Å²) >= 11 is 0. The summed E-state index contributed by atoms with van der Waals surface area (Å²) in [7, 11) is -3.45. The molecule has 0 unspecified atom stereocenters. The number of aryl methyl sites for hydroxylation is 1. The van der Waals surface area contributed by atoms with Crippen LogP contribution in [0.4, 0.5) is 5.82 Å². The van der Waals surface area contributed by atoms with Gasteiger partial charge in [0.1, 0.15) is 17.0 Å². The Bertz CT molecular complexity index is 1070. The van der Waals surface area contributed by atoms with Gasteiger partial charge in [-0.2, -0.15) is 4.31 Å². The molecule has 1 aliphatic heterocycles. The van der Waals surface area contributed by atoms with Crippen molar-refractivity contribution in [2.45, 2.75) is 37.5 Å². The summed E-state index contributed by atoms with van der Waals surface area (Å²) < 4.78 is 32.5. The Kier molecular flexibility index (Phi) is 6.15. The Morgan fingerprint density at radius 3 is 2.53 bits per heavy atom. The third kappa shape index (κ3) is 4.71. The van der Waals surface area contributed by atoms with Gasteiger partial charge < -0.3 is 9.73 Å². The highest BCUT2D eigenvalue weighted by Gasteiger charge is 2.26. The predicted octanol–water partition coefficient (Wildman–Crippen LogP) is 3.87. The number of piperidine rings is 1. The molecule has 1 fully saturated rings. The molecule has 0 amide bonds. The fourth-order valence-electron chi connectivity index (χ4n) is 3.46. The molecule has 2 aromatic heterocycles. The molecule has 0 radical (unpaired) electrons. The van der Waals surface area contributed by atoms with Gasteiger partial charge >= 0.3 is 0 Å². The van der Waals surface area contributed by atoms with Crippen LogP contribution in [0, 0.1) is 6.92 Å². The lowest BCUT2D eigenvalue weighted by atomic mass is 10.1. The number of hydrogen-bond acceptors (Lipinski definition) is 6. The quantitative estimate of drug-likeness (QED) is 0.617. The average Bonchev–Trinajstić information content (AvgIpc) is 3.24. The molecule has 30 heavy (non-hydrogen) atoms. The molecule has 158 valence electrons. The summed E-state index contributed by atoms with van der Waals surface area (Å²) in [6, 6.07) is 11.4. The van der Waals surface area contributed by atoms with E-state index in [-0.39, 0.29) is 4.90 Å². The molecule has 3 aromatic rings. The maximum Gasteiger partial charge on any atom is 0.244 e. The highest BCUT2D eigenvalue weighted by atomic mass is 32.2. The van der Waals surface area contributed by atoms with Gasteiger partial charge in [0, 0.05) is 37.8 Å². The lowest BCUT2D eigenvalue weighted by Crippen LogP contribution is -2.35. The van der Waals surface area contributed by atoms with Crippen LogP contribution in [0.2, 0.25) is 0 Å². The van der Waals surface area contributed by atoms with Gasteiger partial charge in [-0.1, -0.05) is 24.1 Å². The molecule has 0 atom stereocenters. The SMILES string of the molecule is Cc1ccc(-c2nc(CCNc3ccc(S(=O)(=O)N4CCCCC4)cn3)co2)cc1. The third-order valence-corrected chi connectivity index (χ3v) is 7.11. The number of nitrogens with one attached hydrogen (secondary N) is 1. The van der Waals surface area contributed by atoms with Crippen LogP contribution in [0.1, 0.15) is 30.5 Å². The van der Waals surface area contributed by atoms with Crippen molar-refractivity contribution in [2.24, 2.45) is 0 Å². The first-order valence-electron chi connectivity index (χ1n) is 10.2. The van der Waals surface area contributed by atoms with Gasteiger partial charge in [0.25, 0.3) is 0 Å². The van der Waals surface area contributed by atoms with E-state index in [0.29, 0.717) is 37.8 Å². The van der Waals surface area contributed by atoms with Crippen LogP contribution < -0.4 is 5.32 Å². The molecule has 0 aliphatic carbocycles. The van der Waals surface area contributed by atoms with E-state index < -0.39 is 10.0 Å². The van der Waals surface area contributed by atoms with E-state index >= 15 is 0 Å². The Morgan fingerprint density at radius 1 is 1.07 bits per heavy atom. The number of rotatable bonds is 7. The van der Waals surface area contributed by atoms with Crippen molar-refractivity contribution >= 4 is 15.8 Å². The number of nitrogens with zero attached hydrogens (tertiary/aromatic N) is 3. The van der Waals surface area contributed by atoms with Crippen molar-refractivity contribution < 1.29 is 12.8 Å². The first-order chi connectivity index (χ1) is 14.5. The smallest absolute Gasteiger partial charge is 0.244 e. The van der Waals surface area contributed by atoms with E-state index in [1.165, 1.54) is 11.8 Å². The normalized spacial score (nSPS) is 15.2. The van der Waals surface area contributed by atoms with Crippen molar-refractivity contribution in [3.8, 4) is 11.5 Å². The number of aromatic nitrogens is 2. The number of benzene rings is 1. The first-order valence-corrected chi connectivity index (χ1v) is 11.7. The molecular formula is C22H26N4O3S. The van der Waals surface area contributed by atoms with E-state index in [4.69, 9.17) is 4.42 Å². The second-order valence-electron chi connectivity index (χ2n) is 7.53. The van der Waals surface area contributed by atoms with Gasteiger partial charge in [0.15, 0.2) is 0 Å². The van der Waals surface area contributed by atoms with Crippen molar-refractivity contribution in [3.05, 3.63) is 60.1 Å². The van der Waals surface area contributed by atoms with Gasteiger partial charge in [0.05, 0.1) is 5.69 Å². The van der Waals surface area contributed by atoms with Crippen molar-refractivity contribution in [2.75, 3.05) is 25.0 Å². The van der Waals surface area contributed by atoms with Crippen LogP contribution in [0.5, 0.6) is 0 Å². The Morgan fingerprint density at radius 2 is 1.83 bits per heavy atom. The van der Waals surface area contributed by atoms with Crippen LogP contribution in [-0.2, 0) is 16.4 Å². The fraction of sp³-hybridized carbons (Fsp3) is 0.364. The molecule has 0 bridgehead atoms. The number of sulfonamides is 1. The average molecular weight is 427 g/mol. The lowest BCUT2D eigenvalue weighted by molar-refractivity contribution is 0.346. The third-order valence-electron chi connectivity index (χ3n) is 5.23. The number of pyridine rings is 1.